The average molecular weight is 419 g/mol. The highest BCUT2D eigenvalue weighted by Crippen LogP contribution is 2.58. The Labute approximate surface area is 133 Å². The molecule has 0 aromatic heterocycles. The minimum absolute atomic E-state index is 0.181. The van der Waals surface area contributed by atoms with Crippen LogP contribution in [-0.4, -0.2) is 49.3 Å². The van der Waals surface area contributed by atoms with Gasteiger partial charge in [0.15, 0.2) is 0 Å². The molecule has 0 heterocycles. The Morgan fingerprint density at radius 3 is 1.29 bits per heavy atom. The maximum Gasteiger partial charge on any atom is 0.516 e. The predicted octanol–water partition coefficient (Wildman–Crippen LogP) is 3.49. The molecule has 148 valence electrons. The first-order valence-corrected chi connectivity index (χ1v) is 9.61. The molecule has 15 heteroatoms. The number of hydrogen-bond acceptors (Lipinski definition) is 3. The normalized spacial score (nSPS) is 14.5. The highest BCUT2D eigenvalue weighted by molar-refractivity contribution is 8.33. The second kappa shape index (κ2) is 8.01. The van der Waals surface area contributed by atoms with Crippen LogP contribution >= 0.6 is 10.0 Å². The van der Waals surface area contributed by atoms with Crippen molar-refractivity contribution in [1.29, 1.82) is 0 Å². The van der Waals surface area contributed by atoms with E-state index < -0.39 is 43.2 Å². The Hall–Kier alpha value is -0.860. The van der Waals surface area contributed by atoms with E-state index in [0.29, 0.717) is 0 Å². The first-order valence-electron chi connectivity index (χ1n) is 5.75. The fourth-order valence-electron chi connectivity index (χ4n) is 0.769. The number of halogens is 9. The summed E-state index contributed by atoms with van der Waals surface area (Å²) in [5.41, 5.74) is -9.93. The molecular formula is C9H14F9NO3S2. The van der Waals surface area contributed by atoms with E-state index in [2.05, 4.69) is 0 Å². The van der Waals surface area contributed by atoms with Crippen LogP contribution < -0.4 is 4.72 Å². The molecule has 0 aliphatic carbocycles. The average Bonchev–Trinajstić information content (AvgIpc) is 2.34. The minimum Gasteiger partial charge on any atom is -0.263 e. The van der Waals surface area contributed by atoms with Crippen LogP contribution in [0.3, 0.4) is 0 Å². The minimum atomic E-state index is -6.30. The van der Waals surface area contributed by atoms with Crippen molar-refractivity contribution in [1.82, 2.24) is 4.72 Å². The maximum atomic E-state index is 12.1. The molecule has 0 radical (unpaired) electrons. The quantitative estimate of drug-likeness (QED) is 0.713. The van der Waals surface area contributed by atoms with Gasteiger partial charge in [-0.1, -0.05) is 13.8 Å². The summed E-state index contributed by atoms with van der Waals surface area (Å²) in [7, 11) is -8.63. The van der Waals surface area contributed by atoms with E-state index >= 15 is 0 Å². The summed E-state index contributed by atoms with van der Waals surface area (Å²) in [5, 5.41) is 0. The van der Waals surface area contributed by atoms with Gasteiger partial charge in [0.2, 0.25) is 0 Å². The Balaban J connectivity index is 0. The van der Waals surface area contributed by atoms with Gasteiger partial charge in [-0.05, 0) is 17.8 Å². The second-order valence-electron chi connectivity index (χ2n) is 4.18. The van der Waals surface area contributed by atoms with Crippen molar-refractivity contribution in [2.24, 2.45) is 0 Å². The number of sulfonamides is 1. The summed E-state index contributed by atoms with van der Waals surface area (Å²) in [6.07, 6.45) is -4.36. The van der Waals surface area contributed by atoms with Crippen molar-refractivity contribution in [3.05, 3.63) is 0 Å². The van der Waals surface area contributed by atoms with Crippen molar-refractivity contribution in [3.8, 4) is 0 Å². The molecule has 4 nitrogen and oxygen atoms in total. The summed E-state index contributed by atoms with van der Waals surface area (Å²) in [6.45, 7) is 3.21. The molecule has 0 spiro atoms. The van der Waals surface area contributed by atoms with Gasteiger partial charge in [-0.15, -0.1) is 0 Å². The highest BCUT2D eigenvalue weighted by atomic mass is 32.3. The Kier molecular flexibility index (Phi) is 8.47. The number of amides is 1. The second-order valence-corrected chi connectivity index (χ2v) is 10.0. The van der Waals surface area contributed by atoms with Crippen molar-refractivity contribution in [2.45, 2.75) is 31.0 Å². The molecule has 0 saturated carbocycles. The molecular weight excluding hydrogens is 405 g/mol. The third-order valence-electron chi connectivity index (χ3n) is 2.62. The molecule has 24 heavy (non-hydrogen) atoms. The van der Waals surface area contributed by atoms with Crippen LogP contribution in [0.5, 0.6) is 0 Å². The van der Waals surface area contributed by atoms with Gasteiger partial charge in [-0.2, -0.15) is 58.0 Å². The predicted molar refractivity (Wildman–Crippen MR) is 69.8 cm³/mol. The van der Waals surface area contributed by atoms with E-state index in [1.54, 1.807) is 13.8 Å². The molecule has 0 aromatic rings. The van der Waals surface area contributed by atoms with Gasteiger partial charge in [-0.25, -0.2) is 4.72 Å². The van der Waals surface area contributed by atoms with Gasteiger partial charge in [0.05, 0.1) is 0 Å². The number of carbonyl (C=O) groups excluding carboxylic acids is 1. The molecule has 0 rings (SSSR count). The standard InChI is InChI=1S/C6H13F3S.C3HF6NO3S/c1-4-10(3,5-2)6(7,8)9;4-2(5,6)1(11)10-14(12,13)3(7,8)9/h4-5H2,1-3H3;(H,10,11). The zero-order chi connectivity index (χ0) is 20.2. The summed E-state index contributed by atoms with van der Waals surface area (Å²) in [4.78, 5) is 9.81. The molecule has 1 N–H and O–H groups in total. The molecule has 0 unspecified atom stereocenters. The van der Waals surface area contributed by atoms with Crippen molar-refractivity contribution < 1.29 is 52.7 Å². The van der Waals surface area contributed by atoms with E-state index in [9.17, 15) is 52.7 Å². The van der Waals surface area contributed by atoms with Crippen LogP contribution in [0.25, 0.3) is 0 Å². The lowest BCUT2D eigenvalue weighted by Gasteiger charge is -2.35. The summed E-state index contributed by atoms with van der Waals surface area (Å²) >= 11 is 0. The molecule has 0 fully saturated rings. The fourth-order valence-corrected chi connectivity index (χ4v) is 2.31. The number of hydrogen-bond donors (Lipinski definition) is 1. The maximum absolute atomic E-state index is 12.1. The first-order chi connectivity index (χ1) is 10.2. The molecule has 1 amide bonds. The van der Waals surface area contributed by atoms with E-state index in [0.717, 1.165) is 0 Å². The van der Waals surface area contributed by atoms with Crippen molar-refractivity contribution in [3.63, 3.8) is 0 Å². The van der Waals surface area contributed by atoms with Crippen LogP contribution in [0.4, 0.5) is 39.5 Å². The summed E-state index contributed by atoms with van der Waals surface area (Å²) in [6, 6.07) is 0. The fraction of sp³-hybridized carbons (Fsp3) is 0.889. The van der Waals surface area contributed by atoms with Crippen LogP contribution in [0.1, 0.15) is 13.8 Å². The molecule has 0 aliphatic heterocycles. The van der Waals surface area contributed by atoms with Crippen molar-refractivity contribution in [2.75, 3.05) is 17.8 Å². The monoisotopic (exact) mass is 419 g/mol. The van der Waals surface area contributed by atoms with Gasteiger partial charge in [0, 0.05) is 0 Å². The third-order valence-corrected chi connectivity index (χ3v) is 7.35. The molecule has 0 bridgehead atoms. The van der Waals surface area contributed by atoms with E-state index in [1.807, 2.05) is 0 Å². The first kappa shape index (κ1) is 25.4. The number of alkyl halides is 9. The molecule has 0 atom stereocenters. The van der Waals surface area contributed by atoms with Crippen molar-refractivity contribution >= 4 is 26.0 Å². The summed E-state index contributed by atoms with van der Waals surface area (Å²) < 4.78 is 124. The zero-order valence-corrected chi connectivity index (χ0v) is 14.0. The molecule has 0 saturated heterocycles. The van der Waals surface area contributed by atoms with E-state index in [4.69, 9.17) is 0 Å². The SMILES string of the molecule is CCS(C)(CC)C(F)(F)F.O=C(NS(=O)(=O)C(F)(F)F)C(F)(F)F. The zero-order valence-electron chi connectivity index (χ0n) is 12.4. The van der Waals surface area contributed by atoms with Gasteiger partial charge >= 0.3 is 33.1 Å². The largest absolute Gasteiger partial charge is 0.516 e. The van der Waals surface area contributed by atoms with Gasteiger partial charge in [0.1, 0.15) is 0 Å². The number of rotatable bonds is 3. The Morgan fingerprint density at radius 1 is 0.833 bits per heavy atom. The topological polar surface area (TPSA) is 63.2 Å². The number of nitrogens with one attached hydrogen (secondary N) is 1. The lowest BCUT2D eigenvalue weighted by atomic mass is 10.6. The lowest BCUT2D eigenvalue weighted by Crippen LogP contribution is -2.46. The van der Waals surface area contributed by atoms with Gasteiger partial charge in [0.25, 0.3) is 0 Å². The number of carbonyl (C=O) groups is 1. The lowest BCUT2D eigenvalue weighted by molar-refractivity contribution is -0.171. The molecule has 0 aliphatic rings. The van der Waals surface area contributed by atoms with Gasteiger partial charge < -0.3 is 0 Å². The Morgan fingerprint density at radius 2 is 1.17 bits per heavy atom. The highest BCUT2D eigenvalue weighted by Gasteiger charge is 2.51. The van der Waals surface area contributed by atoms with Crippen LogP contribution in [-0.2, 0) is 14.8 Å². The summed E-state index contributed by atoms with van der Waals surface area (Å²) in [5.74, 6) is -2.71. The Bertz CT molecular complexity index is 518. The molecule has 0 aromatic carbocycles. The van der Waals surface area contributed by atoms with Crippen LogP contribution in [0.15, 0.2) is 0 Å². The van der Waals surface area contributed by atoms with E-state index in [-0.39, 0.29) is 16.2 Å². The van der Waals surface area contributed by atoms with Crippen LogP contribution in [0, 0.1) is 0 Å². The smallest absolute Gasteiger partial charge is 0.263 e. The van der Waals surface area contributed by atoms with E-state index in [1.165, 1.54) is 6.26 Å². The van der Waals surface area contributed by atoms with Crippen LogP contribution in [0.2, 0.25) is 0 Å². The van der Waals surface area contributed by atoms with Gasteiger partial charge in [-0.3, -0.25) is 4.79 Å². The third kappa shape index (κ3) is 7.36.